The number of carbonyl (C=O) groups excluding carboxylic acids is 2. The van der Waals surface area contributed by atoms with Crippen molar-refractivity contribution in [3.63, 3.8) is 0 Å². The number of hydrogen-bond acceptors (Lipinski definition) is 4. The highest BCUT2D eigenvalue weighted by molar-refractivity contribution is 5.67. The highest BCUT2D eigenvalue weighted by Crippen LogP contribution is 2.67. The normalized spacial score (nSPS) is 41.9. The monoisotopic (exact) mass is 476 g/mol. The van der Waals surface area contributed by atoms with E-state index < -0.39 is 5.60 Å². The van der Waals surface area contributed by atoms with Gasteiger partial charge in [0.15, 0.2) is 5.60 Å². The smallest absolute Gasteiger partial charge is 0.304 e. The molecule has 0 radical (unpaired) electrons. The van der Waals surface area contributed by atoms with Crippen LogP contribution in [-0.2, 0) is 19.1 Å². The quantitative estimate of drug-likeness (QED) is 0.370. The van der Waals surface area contributed by atoms with E-state index in [2.05, 4.69) is 25.7 Å². The zero-order valence-corrected chi connectivity index (χ0v) is 21.8. The summed E-state index contributed by atoms with van der Waals surface area (Å²) in [6, 6.07) is 10.00. The average Bonchev–Trinajstić information content (AvgIpc) is 3.14. The Kier molecular flexibility index (Phi) is 6.27. The Morgan fingerprint density at radius 3 is 2.31 bits per heavy atom. The predicted octanol–water partition coefficient (Wildman–Crippen LogP) is 6.31. The standard InChI is InChI=1S/C31H40O4/c1-21(32)34-28-13-12-26-25-11-10-24-20-31(35-22(2)33,17-14-23-8-6-5-7-9-23)19-18-29(24,3)27(25)15-16-30(26,28)4/h5-9,24-28H,10-13,15-16,18-20H2,1-4H3/t24-,25-,26-,27-,28-,29-,30-,31+/m0/s1. The first-order valence-electron chi connectivity index (χ1n) is 13.6. The molecule has 0 amide bonds. The van der Waals surface area contributed by atoms with Crippen LogP contribution in [0.25, 0.3) is 0 Å². The van der Waals surface area contributed by atoms with Gasteiger partial charge in [0.05, 0.1) is 0 Å². The molecule has 0 saturated heterocycles. The van der Waals surface area contributed by atoms with Crippen molar-refractivity contribution in [3.8, 4) is 11.8 Å². The molecule has 4 aliphatic carbocycles. The fourth-order valence-corrected chi connectivity index (χ4v) is 8.79. The first kappa shape index (κ1) is 24.4. The lowest BCUT2D eigenvalue weighted by Gasteiger charge is -2.61. The fraction of sp³-hybridized carbons (Fsp3) is 0.677. The summed E-state index contributed by atoms with van der Waals surface area (Å²) in [6.07, 6.45) is 9.69. The van der Waals surface area contributed by atoms with Crippen molar-refractivity contribution < 1.29 is 19.1 Å². The van der Waals surface area contributed by atoms with Crippen LogP contribution in [0.5, 0.6) is 0 Å². The maximum absolute atomic E-state index is 12.1. The van der Waals surface area contributed by atoms with Crippen molar-refractivity contribution in [1.29, 1.82) is 0 Å². The molecule has 35 heavy (non-hydrogen) atoms. The van der Waals surface area contributed by atoms with Crippen molar-refractivity contribution >= 4 is 11.9 Å². The van der Waals surface area contributed by atoms with Gasteiger partial charge in [-0.2, -0.15) is 0 Å². The van der Waals surface area contributed by atoms with Crippen LogP contribution in [0, 0.1) is 46.3 Å². The number of hydrogen-bond donors (Lipinski definition) is 0. The van der Waals surface area contributed by atoms with Gasteiger partial charge in [0.25, 0.3) is 0 Å². The largest absolute Gasteiger partial charge is 0.462 e. The molecule has 0 heterocycles. The minimum Gasteiger partial charge on any atom is -0.462 e. The third kappa shape index (κ3) is 4.30. The van der Waals surface area contributed by atoms with Gasteiger partial charge in [0.1, 0.15) is 6.10 Å². The summed E-state index contributed by atoms with van der Waals surface area (Å²) in [5, 5.41) is 0. The molecular formula is C31H40O4. The molecule has 0 unspecified atom stereocenters. The molecule has 0 aliphatic heterocycles. The number of rotatable bonds is 2. The lowest BCUT2D eigenvalue weighted by atomic mass is 9.44. The zero-order valence-electron chi connectivity index (χ0n) is 21.8. The molecule has 188 valence electrons. The molecule has 0 bridgehead atoms. The second kappa shape index (κ2) is 8.99. The first-order chi connectivity index (χ1) is 16.7. The molecule has 0 spiro atoms. The summed E-state index contributed by atoms with van der Waals surface area (Å²) in [5.41, 5.74) is 0.649. The number of ether oxygens (including phenoxy) is 2. The maximum atomic E-state index is 12.1. The number of fused-ring (bicyclic) bond motifs is 5. The van der Waals surface area contributed by atoms with Crippen LogP contribution in [-0.4, -0.2) is 23.6 Å². The Morgan fingerprint density at radius 1 is 0.857 bits per heavy atom. The highest BCUT2D eigenvalue weighted by atomic mass is 16.6. The Labute approximate surface area is 210 Å². The SMILES string of the molecule is CC(=O)O[C@H]1CC[C@H]2[C@@H]3CC[C@H]4C[C@](C#Cc5ccccc5)(OC(C)=O)CC[C@]4(C)[C@H]3CC[C@]12C. The van der Waals surface area contributed by atoms with Gasteiger partial charge in [-0.15, -0.1) is 0 Å². The lowest BCUT2D eigenvalue weighted by Crippen LogP contribution is -2.56. The molecule has 1 aromatic rings. The van der Waals surface area contributed by atoms with Gasteiger partial charge < -0.3 is 9.47 Å². The molecule has 8 atom stereocenters. The average molecular weight is 477 g/mol. The third-order valence-electron chi connectivity index (χ3n) is 10.5. The Bertz CT molecular complexity index is 1040. The molecular weight excluding hydrogens is 436 g/mol. The van der Waals surface area contributed by atoms with Gasteiger partial charge in [0.2, 0.25) is 0 Å². The zero-order chi connectivity index (χ0) is 24.8. The van der Waals surface area contributed by atoms with Gasteiger partial charge in [-0.1, -0.05) is 38.0 Å². The van der Waals surface area contributed by atoms with Crippen molar-refractivity contribution in [2.75, 3.05) is 0 Å². The van der Waals surface area contributed by atoms with E-state index in [0.29, 0.717) is 23.7 Å². The minimum absolute atomic E-state index is 0.0766. The van der Waals surface area contributed by atoms with E-state index in [4.69, 9.17) is 9.47 Å². The van der Waals surface area contributed by atoms with E-state index in [0.717, 1.165) is 37.7 Å². The second-order valence-electron chi connectivity index (χ2n) is 12.3. The highest BCUT2D eigenvalue weighted by Gasteiger charge is 2.62. The van der Waals surface area contributed by atoms with E-state index in [9.17, 15) is 9.59 Å². The topological polar surface area (TPSA) is 52.6 Å². The van der Waals surface area contributed by atoms with Crippen molar-refractivity contribution in [2.24, 2.45) is 34.5 Å². The maximum Gasteiger partial charge on any atom is 0.304 e. The molecule has 4 fully saturated rings. The van der Waals surface area contributed by atoms with Crippen LogP contribution in [0.4, 0.5) is 0 Å². The number of esters is 2. The van der Waals surface area contributed by atoms with Crippen LogP contribution in [0.15, 0.2) is 30.3 Å². The van der Waals surface area contributed by atoms with E-state index in [1.165, 1.54) is 32.6 Å². The second-order valence-corrected chi connectivity index (χ2v) is 12.3. The van der Waals surface area contributed by atoms with Crippen molar-refractivity contribution in [3.05, 3.63) is 35.9 Å². The van der Waals surface area contributed by atoms with E-state index >= 15 is 0 Å². The summed E-state index contributed by atoms with van der Waals surface area (Å²) in [4.78, 5) is 23.9. The summed E-state index contributed by atoms with van der Waals surface area (Å²) in [5.74, 6) is 8.91. The van der Waals surface area contributed by atoms with Crippen molar-refractivity contribution in [2.45, 2.75) is 97.2 Å². The minimum atomic E-state index is -0.685. The van der Waals surface area contributed by atoms with Gasteiger partial charge in [0, 0.05) is 31.2 Å². The fourth-order valence-electron chi connectivity index (χ4n) is 8.79. The summed E-state index contributed by atoms with van der Waals surface area (Å²) in [7, 11) is 0. The molecule has 4 heteroatoms. The number of carbonyl (C=O) groups is 2. The van der Waals surface area contributed by atoms with Gasteiger partial charge in [-0.3, -0.25) is 9.59 Å². The van der Waals surface area contributed by atoms with E-state index in [1.54, 1.807) is 6.92 Å². The summed E-state index contributed by atoms with van der Waals surface area (Å²) in [6.45, 7) is 7.96. The first-order valence-corrected chi connectivity index (χ1v) is 13.6. The van der Waals surface area contributed by atoms with Crippen molar-refractivity contribution in [1.82, 2.24) is 0 Å². The van der Waals surface area contributed by atoms with E-state index in [-0.39, 0.29) is 28.9 Å². The summed E-state index contributed by atoms with van der Waals surface area (Å²) >= 11 is 0. The van der Waals surface area contributed by atoms with Crippen LogP contribution < -0.4 is 0 Å². The molecule has 5 rings (SSSR count). The van der Waals surface area contributed by atoms with Gasteiger partial charge >= 0.3 is 11.9 Å². The third-order valence-corrected chi connectivity index (χ3v) is 10.5. The number of benzene rings is 1. The molecule has 0 aromatic heterocycles. The van der Waals surface area contributed by atoms with Crippen LogP contribution in [0.1, 0.15) is 91.0 Å². The summed E-state index contributed by atoms with van der Waals surface area (Å²) < 4.78 is 11.8. The van der Waals surface area contributed by atoms with E-state index in [1.807, 2.05) is 30.3 Å². The molecule has 4 aliphatic rings. The molecule has 4 nitrogen and oxygen atoms in total. The predicted molar refractivity (Wildman–Crippen MR) is 135 cm³/mol. The van der Waals surface area contributed by atoms with Crippen LogP contribution in [0.2, 0.25) is 0 Å². The Hall–Kier alpha value is -2.28. The van der Waals surface area contributed by atoms with Crippen LogP contribution >= 0.6 is 0 Å². The molecule has 0 N–H and O–H groups in total. The Morgan fingerprint density at radius 2 is 1.60 bits per heavy atom. The molecule has 1 aromatic carbocycles. The lowest BCUT2D eigenvalue weighted by molar-refractivity contribution is -0.175. The van der Waals surface area contributed by atoms with Gasteiger partial charge in [-0.05, 0) is 98.5 Å². The van der Waals surface area contributed by atoms with Crippen LogP contribution in [0.3, 0.4) is 0 Å². The Balaban J connectivity index is 1.38. The van der Waals surface area contributed by atoms with Gasteiger partial charge in [-0.25, -0.2) is 0 Å². The molecule has 4 saturated carbocycles.